The zero-order valence-electron chi connectivity index (χ0n) is 11.3. The highest BCUT2D eigenvalue weighted by Crippen LogP contribution is 2.42. The minimum absolute atomic E-state index is 0.0410. The zero-order valence-corrected chi connectivity index (χ0v) is 11.3. The summed E-state index contributed by atoms with van der Waals surface area (Å²) in [7, 11) is 0. The second kappa shape index (κ2) is 4.86. The third kappa shape index (κ3) is 3.38. The molecule has 2 saturated carbocycles. The number of rotatable bonds is 5. The quantitative estimate of drug-likeness (QED) is 0.799. The summed E-state index contributed by atoms with van der Waals surface area (Å²) < 4.78 is 47.5. The Morgan fingerprint density at radius 3 is 2.40 bits per heavy atom. The van der Waals surface area contributed by atoms with Gasteiger partial charge in [-0.15, -0.1) is 13.2 Å². The van der Waals surface area contributed by atoms with Crippen molar-refractivity contribution in [3.8, 4) is 11.5 Å². The first-order valence-electron chi connectivity index (χ1n) is 6.97. The molecule has 0 bridgehead atoms. The summed E-state index contributed by atoms with van der Waals surface area (Å²) >= 11 is 0. The summed E-state index contributed by atoms with van der Waals surface area (Å²) in [5.74, 6) is 0.659. The van der Waals surface area contributed by atoms with Gasteiger partial charge >= 0.3 is 6.36 Å². The number of hydrogen-bond donors (Lipinski definition) is 0. The van der Waals surface area contributed by atoms with Crippen molar-refractivity contribution < 1.29 is 22.6 Å². The molecule has 20 heavy (non-hydrogen) atoms. The van der Waals surface area contributed by atoms with Gasteiger partial charge in [-0.05, 0) is 62.1 Å². The van der Waals surface area contributed by atoms with E-state index in [0.29, 0.717) is 11.5 Å². The molecule has 2 fully saturated rings. The van der Waals surface area contributed by atoms with E-state index in [4.69, 9.17) is 4.74 Å². The van der Waals surface area contributed by atoms with Crippen molar-refractivity contribution in [3.63, 3.8) is 0 Å². The molecule has 3 rings (SSSR count). The third-order valence-corrected chi connectivity index (χ3v) is 3.72. The first-order valence-corrected chi connectivity index (χ1v) is 6.97. The molecule has 2 aliphatic carbocycles. The normalized spacial score (nSPS) is 19.0. The first-order chi connectivity index (χ1) is 9.42. The van der Waals surface area contributed by atoms with E-state index >= 15 is 0 Å². The molecule has 0 spiro atoms. The summed E-state index contributed by atoms with van der Waals surface area (Å²) in [4.78, 5) is 0. The van der Waals surface area contributed by atoms with Crippen molar-refractivity contribution >= 4 is 0 Å². The number of halogens is 3. The van der Waals surface area contributed by atoms with Gasteiger partial charge in [-0.2, -0.15) is 0 Å². The molecule has 5 heteroatoms. The Kier molecular flexibility index (Phi) is 3.30. The van der Waals surface area contributed by atoms with Crippen molar-refractivity contribution in [2.75, 3.05) is 0 Å². The number of alkyl halides is 3. The lowest BCUT2D eigenvalue weighted by atomic mass is 10.0. The highest BCUT2D eigenvalue weighted by atomic mass is 19.4. The zero-order chi connectivity index (χ0) is 14.3. The maximum absolute atomic E-state index is 12.6. The molecule has 2 aliphatic rings. The Bertz CT molecular complexity index is 503. The number of ether oxygens (including phenoxy) is 2. The molecule has 2 nitrogen and oxygen atoms in total. The summed E-state index contributed by atoms with van der Waals surface area (Å²) in [5, 5.41) is 0. The molecule has 1 aromatic rings. The van der Waals surface area contributed by atoms with E-state index in [-0.39, 0.29) is 17.6 Å². The maximum atomic E-state index is 12.6. The van der Waals surface area contributed by atoms with Gasteiger partial charge in [0.25, 0.3) is 0 Å². The van der Waals surface area contributed by atoms with Gasteiger partial charge in [0.05, 0.1) is 6.10 Å². The van der Waals surface area contributed by atoms with Crippen molar-refractivity contribution in [1.82, 2.24) is 0 Å². The van der Waals surface area contributed by atoms with Crippen molar-refractivity contribution in [3.05, 3.63) is 23.3 Å². The molecular formula is C15H17F3O2. The van der Waals surface area contributed by atoms with Gasteiger partial charge < -0.3 is 9.47 Å². The Labute approximate surface area is 115 Å². The molecule has 0 amide bonds. The van der Waals surface area contributed by atoms with Crippen LogP contribution in [0.3, 0.4) is 0 Å². The predicted molar refractivity (Wildman–Crippen MR) is 67.9 cm³/mol. The maximum Gasteiger partial charge on any atom is 0.573 e. The molecule has 0 saturated heterocycles. The fourth-order valence-corrected chi connectivity index (χ4v) is 2.26. The van der Waals surface area contributed by atoms with Gasteiger partial charge in [0.15, 0.2) is 11.5 Å². The lowest BCUT2D eigenvalue weighted by molar-refractivity contribution is -0.275. The molecule has 110 valence electrons. The van der Waals surface area contributed by atoms with E-state index in [1.807, 2.05) is 6.07 Å². The largest absolute Gasteiger partial charge is 0.573 e. The van der Waals surface area contributed by atoms with Gasteiger partial charge in [0.2, 0.25) is 0 Å². The van der Waals surface area contributed by atoms with Crippen LogP contribution in [0.25, 0.3) is 0 Å². The Morgan fingerprint density at radius 1 is 1.15 bits per heavy atom. The summed E-state index contributed by atoms with van der Waals surface area (Å²) in [6.07, 6.45) is 0.292. The average molecular weight is 286 g/mol. The van der Waals surface area contributed by atoms with Crippen LogP contribution in [0.5, 0.6) is 11.5 Å². The molecule has 0 aromatic heterocycles. The molecule has 0 N–H and O–H groups in total. The van der Waals surface area contributed by atoms with Gasteiger partial charge in [-0.25, -0.2) is 0 Å². The van der Waals surface area contributed by atoms with Crippen LogP contribution in [0.4, 0.5) is 13.2 Å². The molecule has 0 aliphatic heterocycles. The van der Waals surface area contributed by atoms with Crippen LogP contribution in [-0.4, -0.2) is 12.5 Å². The van der Waals surface area contributed by atoms with Crippen molar-refractivity contribution in [1.29, 1.82) is 0 Å². The monoisotopic (exact) mass is 286 g/mol. The molecule has 0 heterocycles. The molecule has 0 radical (unpaired) electrons. The lowest BCUT2D eigenvalue weighted by Crippen LogP contribution is -2.19. The second-order valence-electron chi connectivity index (χ2n) is 5.69. The van der Waals surface area contributed by atoms with Crippen molar-refractivity contribution in [2.24, 2.45) is 5.92 Å². The molecular weight excluding hydrogens is 269 g/mol. The van der Waals surface area contributed by atoms with Crippen LogP contribution in [0, 0.1) is 12.8 Å². The SMILES string of the molecule is Cc1c(CC2CC2)ccc(OC2CC2)c1OC(F)(F)F. The standard InChI is InChI=1S/C15H17F3O2/c1-9-11(8-10-2-3-10)4-7-13(19-12-5-6-12)14(9)20-15(16,17)18/h4,7,10,12H,2-3,5-6,8H2,1H3. The van der Waals surface area contributed by atoms with Crippen LogP contribution in [0.2, 0.25) is 0 Å². The predicted octanol–water partition coefficient (Wildman–Crippen LogP) is 4.39. The van der Waals surface area contributed by atoms with Crippen LogP contribution >= 0.6 is 0 Å². The van der Waals surface area contributed by atoms with Gasteiger partial charge in [0, 0.05) is 0 Å². The molecule has 0 unspecified atom stereocenters. The Morgan fingerprint density at radius 2 is 1.85 bits per heavy atom. The van der Waals surface area contributed by atoms with E-state index in [9.17, 15) is 13.2 Å². The smallest absolute Gasteiger partial charge is 0.487 e. The summed E-state index contributed by atoms with van der Waals surface area (Å²) in [6, 6.07) is 3.48. The summed E-state index contributed by atoms with van der Waals surface area (Å²) in [6.45, 7) is 1.68. The van der Waals surface area contributed by atoms with E-state index in [2.05, 4.69) is 4.74 Å². The number of benzene rings is 1. The topological polar surface area (TPSA) is 18.5 Å². The van der Waals surface area contributed by atoms with Gasteiger partial charge in [-0.3, -0.25) is 0 Å². The minimum atomic E-state index is -4.69. The Hall–Kier alpha value is -1.39. The van der Waals surface area contributed by atoms with E-state index in [0.717, 1.165) is 37.7 Å². The minimum Gasteiger partial charge on any atom is -0.487 e. The van der Waals surface area contributed by atoms with Crippen LogP contribution in [0.1, 0.15) is 36.8 Å². The fraction of sp³-hybridized carbons (Fsp3) is 0.600. The second-order valence-corrected chi connectivity index (χ2v) is 5.69. The van der Waals surface area contributed by atoms with Crippen LogP contribution in [0.15, 0.2) is 12.1 Å². The lowest BCUT2D eigenvalue weighted by Gasteiger charge is -2.18. The average Bonchev–Trinajstić information content (AvgIpc) is 3.20. The van der Waals surface area contributed by atoms with E-state index < -0.39 is 6.36 Å². The fourth-order valence-electron chi connectivity index (χ4n) is 2.26. The molecule has 1 aromatic carbocycles. The van der Waals surface area contributed by atoms with Crippen LogP contribution in [-0.2, 0) is 6.42 Å². The van der Waals surface area contributed by atoms with E-state index in [1.165, 1.54) is 0 Å². The van der Waals surface area contributed by atoms with E-state index in [1.54, 1.807) is 13.0 Å². The molecule has 0 atom stereocenters. The number of hydrogen-bond acceptors (Lipinski definition) is 2. The van der Waals surface area contributed by atoms with Gasteiger partial charge in [-0.1, -0.05) is 6.07 Å². The van der Waals surface area contributed by atoms with Crippen molar-refractivity contribution in [2.45, 2.75) is 51.5 Å². The highest BCUT2D eigenvalue weighted by molar-refractivity contribution is 5.50. The Balaban J connectivity index is 1.89. The van der Waals surface area contributed by atoms with Crippen LogP contribution < -0.4 is 9.47 Å². The third-order valence-electron chi connectivity index (χ3n) is 3.72. The summed E-state index contributed by atoms with van der Waals surface area (Å²) in [5.41, 5.74) is 1.47. The first kappa shape index (κ1) is 13.6. The van der Waals surface area contributed by atoms with Gasteiger partial charge in [0.1, 0.15) is 0 Å². The highest BCUT2D eigenvalue weighted by Gasteiger charge is 2.35.